The van der Waals surface area contributed by atoms with Crippen molar-refractivity contribution >= 4 is 37.9 Å². The SMILES string of the molecule is CCC[CH2][Sn]([CH2]CCC)([CH2]CCC)[c]1cc(F)ccc1C#N.N#Cc1cc(F)ccc1Br. The second kappa shape index (κ2) is 15.4. The van der Waals surface area contributed by atoms with E-state index in [1.54, 1.807) is 12.1 Å². The second-order valence-corrected chi connectivity index (χ2v) is 22.1. The summed E-state index contributed by atoms with van der Waals surface area (Å²) >= 11 is 0.406. The van der Waals surface area contributed by atoms with Crippen LogP contribution in [0.1, 0.15) is 70.4 Å². The van der Waals surface area contributed by atoms with Gasteiger partial charge in [-0.2, -0.15) is 5.26 Å². The van der Waals surface area contributed by atoms with Gasteiger partial charge < -0.3 is 0 Å². The average molecular weight is 610 g/mol. The van der Waals surface area contributed by atoms with Gasteiger partial charge in [-0.15, -0.1) is 0 Å². The fourth-order valence-electron chi connectivity index (χ4n) is 3.96. The molecule has 0 aromatic heterocycles. The number of benzene rings is 2. The van der Waals surface area contributed by atoms with E-state index >= 15 is 0 Å². The minimum absolute atomic E-state index is 0.167. The third-order valence-corrected chi connectivity index (χ3v) is 22.1. The molecule has 0 N–H and O–H groups in total. The standard InChI is InChI=1S/C7H3BrFN.C7H3FN.3C4H9.Sn/c8-7-2-1-6(9)3-5(7)4-10;8-7-3-1-6(5-9)2-4-7;3*1-3-4-2;/h1-3H;1,3-4H;3*1,3-4H2,2H3;. The molecule has 6 heteroatoms. The van der Waals surface area contributed by atoms with Gasteiger partial charge in [0.25, 0.3) is 0 Å². The molecular weight excluding hydrogens is 577 g/mol. The smallest absolute Gasteiger partial charge is 0.124 e. The van der Waals surface area contributed by atoms with Gasteiger partial charge in [0, 0.05) is 4.47 Å². The Hall–Kier alpha value is -1.44. The van der Waals surface area contributed by atoms with Crippen molar-refractivity contribution < 1.29 is 8.78 Å². The Labute approximate surface area is 204 Å². The van der Waals surface area contributed by atoms with E-state index in [0.29, 0.717) is 10.0 Å². The van der Waals surface area contributed by atoms with Gasteiger partial charge in [0.2, 0.25) is 0 Å². The average Bonchev–Trinajstić information content (AvgIpc) is 2.81. The normalized spacial score (nSPS) is 10.6. The number of hydrogen-bond donors (Lipinski definition) is 0. The van der Waals surface area contributed by atoms with Gasteiger partial charge in [-0.25, -0.2) is 4.39 Å². The van der Waals surface area contributed by atoms with Crippen molar-refractivity contribution in [3.05, 3.63) is 63.6 Å². The van der Waals surface area contributed by atoms with Crippen LogP contribution in [0.4, 0.5) is 8.78 Å². The molecule has 0 unspecified atom stereocenters. The van der Waals surface area contributed by atoms with E-state index in [0.717, 1.165) is 9.14 Å². The van der Waals surface area contributed by atoms with Crippen LogP contribution in [-0.2, 0) is 0 Å². The van der Waals surface area contributed by atoms with Crippen molar-refractivity contribution in [3.8, 4) is 12.1 Å². The maximum Gasteiger partial charge on any atom is 0.124 e. The van der Waals surface area contributed by atoms with Crippen LogP contribution in [0.3, 0.4) is 0 Å². The van der Waals surface area contributed by atoms with Gasteiger partial charge in [0.15, 0.2) is 0 Å². The largest absolute Gasteiger partial charge is 0.207 e. The third-order valence-electron chi connectivity index (χ3n) is 5.75. The molecule has 172 valence electrons. The zero-order valence-electron chi connectivity index (χ0n) is 19.4. The van der Waals surface area contributed by atoms with Crippen LogP contribution >= 0.6 is 15.9 Å². The zero-order chi connectivity index (χ0) is 24.0. The minimum atomic E-state index is -2.70. The first-order chi connectivity index (χ1) is 15.4. The Balaban J connectivity index is 0.000000425. The summed E-state index contributed by atoms with van der Waals surface area (Å²) in [6.07, 6.45) is 7.25. The molecule has 2 aromatic carbocycles. The van der Waals surface area contributed by atoms with Crippen LogP contribution in [0.25, 0.3) is 0 Å². The van der Waals surface area contributed by atoms with E-state index in [4.69, 9.17) is 5.26 Å². The molecular formula is C26H33BrF2N2Sn. The predicted octanol–water partition coefficient (Wildman–Crippen LogP) is 8.21. The van der Waals surface area contributed by atoms with Crippen LogP contribution in [0.15, 0.2) is 40.9 Å². The van der Waals surface area contributed by atoms with Crippen molar-refractivity contribution in [1.29, 1.82) is 10.5 Å². The molecule has 0 aliphatic heterocycles. The van der Waals surface area contributed by atoms with Gasteiger partial charge in [0.1, 0.15) is 11.9 Å². The first kappa shape index (κ1) is 28.6. The van der Waals surface area contributed by atoms with Crippen LogP contribution in [0.2, 0.25) is 13.3 Å². The third kappa shape index (κ3) is 8.83. The van der Waals surface area contributed by atoms with Crippen molar-refractivity contribution in [3.63, 3.8) is 0 Å². The van der Waals surface area contributed by atoms with Gasteiger partial charge in [-0.05, 0) is 34.1 Å². The molecule has 2 nitrogen and oxygen atoms in total. The molecule has 0 fully saturated rings. The summed E-state index contributed by atoms with van der Waals surface area (Å²) in [6, 6.07) is 13.1. The van der Waals surface area contributed by atoms with Gasteiger partial charge in [-0.3, -0.25) is 0 Å². The minimum Gasteiger partial charge on any atom is -0.207 e. The Morgan fingerprint density at radius 3 is 1.66 bits per heavy atom. The Morgan fingerprint density at radius 1 is 0.750 bits per heavy atom. The molecule has 0 amide bonds. The second-order valence-electron chi connectivity index (χ2n) is 8.13. The summed E-state index contributed by atoms with van der Waals surface area (Å²) in [7, 11) is 0. The molecule has 0 radical (unpaired) electrons. The van der Waals surface area contributed by atoms with Crippen molar-refractivity contribution in [2.24, 2.45) is 0 Å². The maximum atomic E-state index is 13.9. The molecule has 2 aromatic rings. The quantitative estimate of drug-likeness (QED) is 0.255. The van der Waals surface area contributed by atoms with E-state index in [1.165, 1.54) is 76.1 Å². The van der Waals surface area contributed by atoms with Crippen molar-refractivity contribution in [2.45, 2.75) is 72.6 Å². The number of unbranched alkanes of at least 4 members (excludes halogenated alkanes) is 3. The predicted molar refractivity (Wildman–Crippen MR) is 134 cm³/mol. The Kier molecular flexibility index (Phi) is 13.8. The number of halogens is 3. The summed E-state index contributed by atoms with van der Waals surface area (Å²) in [6.45, 7) is 6.69. The molecule has 0 aliphatic rings. The number of hydrogen-bond acceptors (Lipinski definition) is 2. The van der Waals surface area contributed by atoms with E-state index in [-0.39, 0.29) is 11.6 Å². The van der Waals surface area contributed by atoms with Crippen LogP contribution < -0.4 is 3.58 Å². The molecule has 0 spiro atoms. The topological polar surface area (TPSA) is 47.6 Å². The summed E-state index contributed by atoms with van der Waals surface area (Å²) in [5.41, 5.74) is 1.07. The fourth-order valence-corrected chi connectivity index (χ4v) is 20.9. The summed E-state index contributed by atoms with van der Waals surface area (Å²) in [4.78, 5) is 0. The molecule has 0 aliphatic carbocycles. The van der Waals surface area contributed by atoms with Gasteiger partial charge in [-0.1, -0.05) is 0 Å². The van der Waals surface area contributed by atoms with Gasteiger partial charge in [0.05, 0.1) is 5.56 Å². The fraction of sp³-hybridized carbons (Fsp3) is 0.462. The van der Waals surface area contributed by atoms with Crippen molar-refractivity contribution in [1.82, 2.24) is 0 Å². The molecule has 0 heterocycles. The molecule has 0 bridgehead atoms. The van der Waals surface area contributed by atoms with Gasteiger partial charge >= 0.3 is 140 Å². The van der Waals surface area contributed by atoms with Crippen LogP contribution in [0.5, 0.6) is 0 Å². The monoisotopic (exact) mass is 610 g/mol. The molecule has 32 heavy (non-hydrogen) atoms. The molecule has 0 atom stereocenters. The zero-order valence-corrected chi connectivity index (χ0v) is 23.8. The number of nitriles is 2. The molecule has 2 rings (SSSR count). The van der Waals surface area contributed by atoms with E-state index in [1.807, 2.05) is 6.07 Å². The summed E-state index contributed by atoms with van der Waals surface area (Å²) in [5.74, 6) is -0.556. The maximum absolute atomic E-state index is 13.9. The Bertz CT molecular complexity index is 913. The first-order valence-electron chi connectivity index (χ1n) is 11.4. The van der Waals surface area contributed by atoms with Crippen LogP contribution in [0, 0.1) is 34.3 Å². The first-order valence-corrected chi connectivity index (χ1v) is 19.7. The van der Waals surface area contributed by atoms with E-state index < -0.39 is 18.4 Å². The molecule has 0 saturated carbocycles. The van der Waals surface area contributed by atoms with Crippen LogP contribution in [-0.4, -0.2) is 18.4 Å². The summed E-state index contributed by atoms with van der Waals surface area (Å²) in [5, 5.41) is 17.9. The Morgan fingerprint density at radius 2 is 1.22 bits per heavy atom. The summed E-state index contributed by atoms with van der Waals surface area (Å²) < 4.78 is 31.8. The number of nitrogens with zero attached hydrogens (tertiary/aromatic N) is 2. The van der Waals surface area contributed by atoms with E-state index in [2.05, 4.69) is 42.8 Å². The number of rotatable bonds is 10. The van der Waals surface area contributed by atoms with Crippen molar-refractivity contribution in [2.75, 3.05) is 0 Å². The van der Waals surface area contributed by atoms with E-state index in [9.17, 15) is 14.0 Å². The molecule has 0 saturated heterocycles.